The molecule has 2 aromatic rings. The number of nitrogens with zero attached hydrogens (tertiary/aromatic N) is 1. The minimum Gasteiger partial charge on any atom is -0.425 e. The molecule has 1 atom stereocenters. The quantitative estimate of drug-likeness (QED) is 0.669. The van der Waals surface area contributed by atoms with Crippen molar-refractivity contribution in [1.29, 1.82) is 0 Å². The highest BCUT2D eigenvalue weighted by molar-refractivity contribution is 5.78. The molecule has 3 rings (SSSR count). The highest BCUT2D eigenvalue weighted by Crippen LogP contribution is 2.24. The molecule has 27 heavy (non-hydrogen) atoms. The molecule has 0 saturated carbocycles. The average Bonchev–Trinajstić information content (AvgIpc) is 2.66. The van der Waals surface area contributed by atoms with Gasteiger partial charge in [-0.3, -0.25) is 0 Å². The number of benzene rings is 2. The van der Waals surface area contributed by atoms with Crippen molar-refractivity contribution in [3.63, 3.8) is 0 Å². The number of likely N-dealkylation sites (N-methyl/N-ethyl adjacent to an activating group) is 1. The van der Waals surface area contributed by atoms with Crippen molar-refractivity contribution in [3.8, 4) is 5.75 Å². The summed E-state index contributed by atoms with van der Waals surface area (Å²) in [5.74, 6) is 0.273. The molecule has 0 spiro atoms. The summed E-state index contributed by atoms with van der Waals surface area (Å²) in [5, 5.41) is 0. The Labute approximate surface area is 162 Å². The Bertz CT molecular complexity index is 801. The van der Waals surface area contributed by atoms with Crippen molar-refractivity contribution in [2.24, 2.45) is 11.7 Å². The molecule has 2 aromatic carbocycles. The first-order chi connectivity index (χ1) is 12.9. The second kappa shape index (κ2) is 8.68. The van der Waals surface area contributed by atoms with E-state index in [0.29, 0.717) is 5.75 Å². The van der Waals surface area contributed by atoms with Crippen LogP contribution in [-0.2, 0) is 24.1 Å². The molecule has 1 aliphatic heterocycles. The van der Waals surface area contributed by atoms with Crippen molar-refractivity contribution < 1.29 is 9.53 Å². The fourth-order valence-electron chi connectivity index (χ4n) is 3.44. The Morgan fingerprint density at radius 1 is 1.00 bits per heavy atom. The molecule has 0 aliphatic carbocycles. The number of hydrogen-bond acceptors (Lipinski definition) is 4. The first kappa shape index (κ1) is 19.6. The van der Waals surface area contributed by atoms with Gasteiger partial charge >= 0.3 is 5.97 Å². The van der Waals surface area contributed by atoms with Gasteiger partial charge in [-0.2, -0.15) is 0 Å². The zero-order valence-corrected chi connectivity index (χ0v) is 16.6. The first-order valence-corrected chi connectivity index (χ1v) is 9.78. The molecule has 4 heteroatoms. The molecule has 0 unspecified atom stereocenters. The van der Waals surface area contributed by atoms with Crippen molar-refractivity contribution >= 4 is 5.97 Å². The van der Waals surface area contributed by atoms with Gasteiger partial charge in [0.2, 0.25) is 0 Å². The Morgan fingerprint density at radius 3 is 2.33 bits per heavy atom. The van der Waals surface area contributed by atoms with Crippen LogP contribution in [0.3, 0.4) is 0 Å². The van der Waals surface area contributed by atoms with Gasteiger partial charge in [0.25, 0.3) is 0 Å². The fraction of sp³-hybridized carbons (Fsp3) is 0.435. The summed E-state index contributed by atoms with van der Waals surface area (Å²) in [6.45, 7) is 5.88. The van der Waals surface area contributed by atoms with Crippen LogP contribution in [0.5, 0.6) is 5.75 Å². The third-order valence-corrected chi connectivity index (χ3v) is 5.41. The Balaban J connectivity index is 1.88. The highest BCUT2D eigenvalue weighted by Gasteiger charge is 2.20. The zero-order chi connectivity index (χ0) is 19.4. The van der Waals surface area contributed by atoms with Crippen molar-refractivity contribution in [3.05, 3.63) is 64.7 Å². The number of fused-ring (bicyclic) bond motifs is 2. The molecule has 0 amide bonds. The minimum atomic E-state index is -0.600. The topological polar surface area (TPSA) is 55.6 Å². The standard InChI is InChI=1S/C23H30N2O2/c1-16(2)22(24)23(26)27-21-9-8-19-14-18-7-5-4-6-17(18)10-12-25(3)13-11-20(19)15-21/h4-9,15-16,22H,10-14,24H2,1-3H3/t22-/m0/s1. The van der Waals surface area contributed by atoms with E-state index < -0.39 is 6.04 Å². The molecule has 0 bridgehead atoms. The van der Waals surface area contributed by atoms with E-state index in [4.69, 9.17) is 10.5 Å². The third-order valence-electron chi connectivity index (χ3n) is 5.41. The fourth-order valence-corrected chi connectivity index (χ4v) is 3.44. The second-order valence-corrected chi connectivity index (χ2v) is 7.87. The van der Waals surface area contributed by atoms with E-state index in [1.807, 2.05) is 26.0 Å². The predicted molar refractivity (Wildman–Crippen MR) is 109 cm³/mol. The zero-order valence-electron chi connectivity index (χ0n) is 16.6. The molecule has 2 N–H and O–H groups in total. The number of ether oxygens (including phenoxy) is 1. The van der Waals surface area contributed by atoms with Gasteiger partial charge in [-0.05, 0) is 66.6 Å². The van der Waals surface area contributed by atoms with E-state index in [1.165, 1.54) is 22.3 Å². The van der Waals surface area contributed by atoms with Crippen LogP contribution in [0, 0.1) is 5.92 Å². The smallest absolute Gasteiger partial charge is 0.328 e. The Morgan fingerprint density at radius 2 is 1.63 bits per heavy atom. The normalized spacial score (nSPS) is 16.3. The summed E-state index contributed by atoms with van der Waals surface area (Å²) in [7, 11) is 2.16. The summed E-state index contributed by atoms with van der Waals surface area (Å²) in [6, 6.07) is 14.1. The molecule has 0 aromatic heterocycles. The summed E-state index contributed by atoms with van der Waals surface area (Å²) in [6.07, 6.45) is 2.93. The summed E-state index contributed by atoms with van der Waals surface area (Å²) < 4.78 is 5.55. The average molecular weight is 367 g/mol. The lowest BCUT2D eigenvalue weighted by molar-refractivity contribution is -0.136. The third kappa shape index (κ3) is 4.96. The van der Waals surface area contributed by atoms with Crippen molar-refractivity contribution in [1.82, 2.24) is 4.90 Å². The van der Waals surface area contributed by atoms with Gasteiger partial charge in [-0.15, -0.1) is 0 Å². The van der Waals surface area contributed by atoms with Gasteiger partial charge in [0.05, 0.1) is 0 Å². The van der Waals surface area contributed by atoms with Crippen LogP contribution in [0.4, 0.5) is 0 Å². The molecule has 0 saturated heterocycles. The van der Waals surface area contributed by atoms with E-state index in [-0.39, 0.29) is 11.9 Å². The Hall–Kier alpha value is -2.17. The van der Waals surface area contributed by atoms with Gasteiger partial charge < -0.3 is 15.4 Å². The van der Waals surface area contributed by atoms with Crippen LogP contribution in [0.25, 0.3) is 0 Å². The van der Waals surface area contributed by atoms with Crippen LogP contribution in [-0.4, -0.2) is 37.0 Å². The molecular weight excluding hydrogens is 336 g/mol. The lowest BCUT2D eigenvalue weighted by Gasteiger charge is -2.22. The van der Waals surface area contributed by atoms with Crippen LogP contribution in [0.2, 0.25) is 0 Å². The molecule has 0 fully saturated rings. The van der Waals surface area contributed by atoms with Crippen LogP contribution in [0.15, 0.2) is 42.5 Å². The largest absolute Gasteiger partial charge is 0.425 e. The van der Waals surface area contributed by atoms with E-state index in [1.54, 1.807) is 0 Å². The van der Waals surface area contributed by atoms with Crippen molar-refractivity contribution in [2.75, 3.05) is 20.1 Å². The van der Waals surface area contributed by atoms with Crippen LogP contribution in [0.1, 0.15) is 36.1 Å². The van der Waals surface area contributed by atoms with Gasteiger partial charge in [0.15, 0.2) is 0 Å². The summed E-state index contributed by atoms with van der Waals surface area (Å²) in [5.41, 5.74) is 11.2. The summed E-state index contributed by atoms with van der Waals surface area (Å²) in [4.78, 5) is 14.6. The van der Waals surface area contributed by atoms with Crippen LogP contribution >= 0.6 is 0 Å². The van der Waals surface area contributed by atoms with E-state index >= 15 is 0 Å². The maximum absolute atomic E-state index is 12.2. The predicted octanol–water partition coefficient (Wildman–Crippen LogP) is 3.20. The Kier molecular flexibility index (Phi) is 6.30. The lowest BCUT2D eigenvalue weighted by Crippen LogP contribution is -2.38. The second-order valence-electron chi connectivity index (χ2n) is 7.87. The van der Waals surface area contributed by atoms with Gasteiger partial charge in [0, 0.05) is 13.1 Å². The number of carbonyl (C=O) groups is 1. The molecular formula is C23H30N2O2. The van der Waals surface area contributed by atoms with Crippen molar-refractivity contribution in [2.45, 2.75) is 39.2 Å². The SMILES string of the molecule is CC(C)[C@H](N)C(=O)Oc1ccc2c(c1)CCN(C)CCc1ccccc1C2. The number of rotatable bonds is 3. The van der Waals surface area contributed by atoms with Gasteiger partial charge in [0.1, 0.15) is 11.8 Å². The van der Waals surface area contributed by atoms with E-state index in [2.05, 4.69) is 42.3 Å². The lowest BCUT2D eigenvalue weighted by atomic mass is 9.93. The minimum absolute atomic E-state index is 0.0549. The maximum atomic E-state index is 12.2. The van der Waals surface area contributed by atoms with E-state index in [9.17, 15) is 4.79 Å². The number of hydrogen-bond donors (Lipinski definition) is 1. The maximum Gasteiger partial charge on any atom is 0.328 e. The summed E-state index contributed by atoms with van der Waals surface area (Å²) >= 11 is 0. The molecule has 144 valence electrons. The molecule has 4 nitrogen and oxygen atoms in total. The number of esters is 1. The van der Waals surface area contributed by atoms with Crippen LogP contribution < -0.4 is 10.5 Å². The monoisotopic (exact) mass is 366 g/mol. The van der Waals surface area contributed by atoms with E-state index in [0.717, 1.165) is 32.4 Å². The first-order valence-electron chi connectivity index (χ1n) is 9.78. The molecule has 1 aliphatic rings. The number of carbonyl (C=O) groups excluding carboxylic acids is 1. The highest BCUT2D eigenvalue weighted by atomic mass is 16.5. The van der Waals surface area contributed by atoms with Gasteiger partial charge in [-0.1, -0.05) is 44.2 Å². The van der Waals surface area contributed by atoms with Gasteiger partial charge in [-0.25, -0.2) is 4.79 Å². The number of nitrogens with two attached hydrogens (primary N) is 1. The molecule has 1 heterocycles. The molecule has 0 radical (unpaired) electrons.